The van der Waals surface area contributed by atoms with Crippen LogP contribution in [0.1, 0.15) is 361 Å². The van der Waals surface area contributed by atoms with Crippen molar-refractivity contribution in [2.45, 2.75) is 367 Å². The van der Waals surface area contributed by atoms with Crippen molar-refractivity contribution in [3.63, 3.8) is 0 Å². The van der Waals surface area contributed by atoms with Gasteiger partial charge in [0.15, 0.2) is 6.10 Å². The Hall–Kier alpha value is -3.15. The molecule has 0 aromatic heterocycles. The molecule has 0 aliphatic rings. The largest absolute Gasteiger partial charge is 0.462 e. The zero-order chi connectivity index (χ0) is 57.8. The van der Waals surface area contributed by atoms with Crippen LogP contribution in [0, 0.1) is 0 Å². The molecule has 464 valence electrons. The lowest BCUT2D eigenvalue weighted by Gasteiger charge is -2.18. The van der Waals surface area contributed by atoms with Crippen LogP contribution >= 0.6 is 0 Å². The van der Waals surface area contributed by atoms with Gasteiger partial charge >= 0.3 is 17.9 Å². The lowest BCUT2D eigenvalue weighted by molar-refractivity contribution is -0.167. The molecule has 0 aromatic rings. The molecule has 0 aliphatic carbocycles. The third-order valence-corrected chi connectivity index (χ3v) is 15.5. The summed E-state index contributed by atoms with van der Waals surface area (Å²) in [6.07, 6.45) is 89.2. The van der Waals surface area contributed by atoms with E-state index in [-0.39, 0.29) is 31.1 Å². The van der Waals surface area contributed by atoms with Crippen molar-refractivity contribution >= 4 is 17.9 Å². The Morgan fingerprint density at radius 1 is 0.263 bits per heavy atom. The van der Waals surface area contributed by atoms with Crippen LogP contribution in [-0.4, -0.2) is 37.2 Å². The molecule has 0 radical (unpaired) electrons. The second-order valence-electron chi connectivity index (χ2n) is 23.4. The fourth-order valence-corrected chi connectivity index (χ4v) is 10.3. The van der Waals surface area contributed by atoms with E-state index in [1.54, 1.807) is 0 Å². The zero-order valence-corrected chi connectivity index (χ0v) is 53.3. The zero-order valence-electron chi connectivity index (χ0n) is 53.3. The van der Waals surface area contributed by atoms with Crippen LogP contribution in [0.25, 0.3) is 0 Å². The van der Waals surface area contributed by atoms with Crippen molar-refractivity contribution in [3.8, 4) is 0 Å². The van der Waals surface area contributed by atoms with Gasteiger partial charge in [0.05, 0.1) is 0 Å². The van der Waals surface area contributed by atoms with E-state index in [4.69, 9.17) is 14.2 Å². The fraction of sp³-hybridized carbons (Fsp3) is 0.797. The Labute approximate surface area is 497 Å². The highest BCUT2D eigenvalue weighted by atomic mass is 16.6. The molecular weight excluding hydrogens is 985 g/mol. The number of carbonyl (C=O) groups excluding carboxylic acids is 3. The minimum atomic E-state index is -0.777. The highest BCUT2D eigenvalue weighted by Gasteiger charge is 2.19. The summed E-state index contributed by atoms with van der Waals surface area (Å²) in [5.74, 6) is -0.858. The number of hydrogen-bond donors (Lipinski definition) is 0. The number of hydrogen-bond acceptors (Lipinski definition) is 6. The molecule has 0 fully saturated rings. The summed E-state index contributed by atoms with van der Waals surface area (Å²) >= 11 is 0. The number of esters is 3. The number of unbranched alkanes of at least 4 members (excludes halogenated alkanes) is 41. The Bertz CT molecular complexity index is 1470. The molecule has 0 saturated carbocycles. The van der Waals surface area contributed by atoms with E-state index in [1.807, 2.05) is 0 Å². The minimum Gasteiger partial charge on any atom is -0.462 e. The van der Waals surface area contributed by atoms with Gasteiger partial charge in [-0.25, -0.2) is 0 Å². The molecule has 6 nitrogen and oxygen atoms in total. The van der Waals surface area contributed by atoms with Gasteiger partial charge in [0.1, 0.15) is 13.2 Å². The highest BCUT2D eigenvalue weighted by Crippen LogP contribution is 2.18. The molecule has 80 heavy (non-hydrogen) atoms. The van der Waals surface area contributed by atoms with Crippen molar-refractivity contribution in [1.82, 2.24) is 0 Å². The average Bonchev–Trinajstić information content (AvgIpc) is 3.46. The second-order valence-corrected chi connectivity index (χ2v) is 23.4. The Balaban J connectivity index is 4.28. The van der Waals surface area contributed by atoms with Crippen LogP contribution in [0.15, 0.2) is 72.9 Å². The molecule has 6 heteroatoms. The van der Waals surface area contributed by atoms with Crippen LogP contribution in [-0.2, 0) is 28.6 Å². The predicted octanol–water partition coefficient (Wildman–Crippen LogP) is 24.1. The van der Waals surface area contributed by atoms with E-state index in [9.17, 15) is 14.4 Å². The molecule has 0 aromatic carbocycles. The van der Waals surface area contributed by atoms with Crippen LogP contribution in [0.3, 0.4) is 0 Å². The Morgan fingerprint density at radius 2 is 0.487 bits per heavy atom. The number of ether oxygens (including phenoxy) is 3. The van der Waals surface area contributed by atoms with Crippen LogP contribution in [0.5, 0.6) is 0 Å². The average molecular weight is 1120 g/mol. The molecule has 0 bridgehead atoms. The van der Waals surface area contributed by atoms with Gasteiger partial charge in [-0.3, -0.25) is 14.4 Å². The molecule has 1 unspecified atom stereocenters. The number of allylic oxidation sites excluding steroid dienone is 12. The first-order valence-electron chi connectivity index (χ1n) is 34.9. The lowest BCUT2D eigenvalue weighted by atomic mass is 10.0. The molecule has 0 rings (SSSR count). The summed E-state index contributed by atoms with van der Waals surface area (Å²) in [7, 11) is 0. The van der Waals surface area contributed by atoms with Gasteiger partial charge in [-0.15, -0.1) is 0 Å². The SMILES string of the molecule is CC/C=C\C/C=C\C/C=C\C/C=C\C/C=C\C/C=C\CCCCCCCCCCC(=O)OCC(COC(=O)CCCCCCCCCCCCCCC)OC(=O)CCCCCCCCCCCCCCCCCCCCCCCC. The summed E-state index contributed by atoms with van der Waals surface area (Å²) in [5.41, 5.74) is 0. The normalized spacial score (nSPS) is 12.5. The van der Waals surface area contributed by atoms with E-state index in [2.05, 4.69) is 93.7 Å². The molecule has 0 N–H and O–H groups in total. The van der Waals surface area contributed by atoms with E-state index in [0.29, 0.717) is 19.3 Å². The van der Waals surface area contributed by atoms with E-state index >= 15 is 0 Å². The summed E-state index contributed by atoms with van der Waals surface area (Å²) in [5, 5.41) is 0. The van der Waals surface area contributed by atoms with Crippen molar-refractivity contribution in [2.75, 3.05) is 13.2 Å². The van der Waals surface area contributed by atoms with Crippen molar-refractivity contribution in [3.05, 3.63) is 72.9 Å². The number of rotatable bonds is 64. The highest BCUT2D eigenvalue weighted by molar-refractivity contribution is 5.71. The first-order valence-corrected chi connectivity index (χ1v) is 34.9. The van der Waals surface area contributed by atoms with Gasteiger partial charge < -0.3 is 14.2 Å². The maximum absolute atomic E-state index is 13.0. The summed E-state index contributed by atoms with van der Waals surface area (Å²) < 4.78 is 17.0. The minimum absolute atomic E-state index is 0.0724. The fourth-order valence-electron chi connectivity index (χ4n) is 10.3. The summed E-state index contributed by atoms with van der Waals surface area (Å²) in [4.78, 5) is 38.4. The van der Waals surface area contributed by atoms with Gasteiger partial charge in [0.25, 0.3) is 0 Å². The molecular formula is C74H132O6. The Morgan fingerprint density at radius 3 is 0.762 bits per heavy atom. The number of carbonyl (C=O) groups is 3. The third-order valence-electron chi connectivity index (χ3n) is 15.5. The van der Waals surface area contributed by atoms with Crippen LogP contribution < -0.4 is 0 Å². The second kappa shape index (κ2) is 68.3. The quantitative estimate of drug-likeness (QED) is 0.0261. The van der Waals surface area contributed by atoms with Crippen molar-refractivity contribution < 1.29 is 28.6 Å². The molecule has 0 spiro atoms. The van der Waals surface area contributed by atoms with Crippen LogP contribution in [0.4, 0.5) is 0 Å². The first kappa shape index (κ1) is 76.9. The van der Waals surface area contributed by atoms with E-state index in [1.165, 1.54) is 218 Å². The standard InChI is InChI=1S/C74H132O6/c1-4-7-10-13-16-19-22-25-27-29-31-33-35-36-37-38-39-41-42-44-46-49-52-55-58-61-64-67-73(76)79-70-71(69-78-72(75)66-63-60-57-54-51-48-24-21-18-15-12-9-6-3)80-74(77)68-65-62-59-56-53-50-47-45-43-40-34-32-30-28-26-23-20-17-14-11-8-5-2/h7,10,16,19,25,27,31,33,36-37,39,41,71H,4-6,8-9,11-15,17-18,20-24,26,28-30,32,34-35,38,40,42-70H2,1-3H3/b10-7-,19-16-,27-25-,33-31-,37-36-,41-39-. The predicted molar refractivity (Wildman–Crippen MR) is 348 cm³/mol. The lowest BCUT2D eigenvalue weighted by Crippen LogP contribution is -2.30. The molecule has 0 saturated heterocycles. The molecule has 0 amide bonds. The summed E-state index contributed by atoms with van der Waals surface area (Å²) in [6.45, 7) is 6.58. The summed E-state index contributed by atoms with van der Waals surface area (Å²) in [6, 6.07) is 0. The molecule has 1 atom stereocenters. The van der Waals surface area contributed by atoms with E-state index < -0.39 is 6.10 Å². The smallest absolute Gasteiger partial charge is 0.306 e. The molecule has 0 aliphatic heterocycles. The monoisotopic (exact) mass is 1120 g/mol. The van der Waals surface area contributed by atoms with Crippen molar-refractivity contribution in [2.24, 2.45) is 0 Å². The first-order chi connectivity index (χ1) is 39.5. The van der Waals surface area contributed by atoms with Gasteiger partial charge in [-0.2, -0.15) is 0 Å². The molecule has 0 heterocycles. The van der Waals surface area contributed by atoms with Crippen molar-refractivity contribution in [1.29, 1.82) is 0 Å². The van der Waals surface area contributed by atoms with Crippen LogP contribution in [0.2, 0.25) is 0 Å². The Kier molecular flexibility index (Phi) is 65.7. The maximum atomic E-state index is 13.0. The topological polar surface area (TPSA) is 78.9 Å². The maximum Gasteiger partial charge on any atom is 0.306 e. The van der Waals surface area contributed by atoms with Gasteiger partial charge in [0.2, 0.25) is 0 Å². The third kappa shape index (κ3) is 65.7. The van der Waals surface area contributed by atoms with Gasteiger partial charge in [0, 0.05) is 19.3 Å². The van der Waals surface area contributed by atoms with Gasteiger partial charge in [-0.1, -0.05) is 344 Å². The van der Waals surface area contributed by atoms with Gasteiger partial charge in [-0.05, 0) is 70.6 Å². The van der Waals surface area contributed by atoms with E-state index in [0.717, 1.165) is 103 Å².